The van der Waals surface area contributed by atoms with Gasteiger partial charge in [-0.05, 0) is 70.8 Å². The molecule has 4 nitrogen and oxygen atoms in total. The molecule has 0 fully saturated rings. The maximum atomic E-state index is 11.4. The second-order valence-corrected chi connectivity index (χ2v) is 6.96. The van der Waals surface area contributed by atoms with Crippen molar-refractivity contribution in [1.82, 2.24) is 9.78 Å². The Morgan fingerprint density at radius 3 is 2.95 bits per heavy atom. The molecular weight excluding hydrogens is 459 g/mol. The van der Waals surface area contributed by atoms with E-state index in [2.05, 4.69) is 50.2 Å². The number of aromatic nitrogens is 2. The van der Waals surface area contributed by atoms with Gasteiger partial charge in [-0.15, -0.1) is 6.58 Å². The van der Waals surface area contributed by atoms with Gasteiger partial charge in [0, 0.05) is 11.5 Å². The first-order chi connectivity index (χ1) is 10.5. The molecule has 0 aliphatic rings. The minimum atomic E-state index is 0.0793. The third-order valence-electron chi connectivity index (χ3n) is 3.19. The number of allylic oxidation sites excluding steroid dienone is 1. The molecule has 6 heteroatoms. The molecule has 0 amide bonds. The number of benzene rings is 1. The predicted molar refractivity (Wildman–Crippen MR) is 100 cm³/mol. The van der Waals surface area contributed by atoms with Crippen molar-refractivity contribution >= 4 is 55.2 Å². The van der Waals surface area contributed by atoms with Crippen molar-refractivity contribution < 1.29 is 9.53 Å². The Balaban J connectivity index is 2.22. The molecule has 2 aromatic rings. The molecule has 0 atom stereocenters. The van der Waals surface area contributed by atoms with E-state index >= 15 is 0 Å². The van der Waals surface area contributed by atoms with Gasteiger partial charge in [-0.2, -0.15) is 5.10 Å². The minimum Gasteiger partial charge on any atom is -0.492 e. The number of ether oxygens (including phenoxy) is 1. The summed E-state index contributed by atoms with van der Waals surface area (Å²) >= 11 is 5.73. The Morgan fingerprint density at radius 1 is 1.50 bits per heavy atom. The lowest BCUT2D eigenvalue weighted by atomic mass is 10.2. The van der Waals surface area contributed by atoms with Crippen LogP contribution in [0.3, 0.4) is 0 Å². The number of carbonyl (C=O) groups excluding carboxylic acids is 1. The van der Waals surface area contributed by atoms with E-state index in [1.54, 1.807) is 11.6 Å². The maximum absolute atomic E-state index is 11.4. The molecule has 1 heterocycles. The van der Waals surface area contributed by atoms with Crippen LogP contribution in [-0.4, -0.2) is 22.2 Å². The van der Waals surface area contributed by atoms with E-state index in [0.29, 0.717) is 6.61 Å². The van der Waals surface area contributed by atoms with E-state index in [-0.39, 0.29) is 12.3 Å². The fourth-order valence-corrected chi connectivity index (χ4v) is 3.30. The number of fused-ring (bicyclic) bond motifs is 1. The van der Waals surface area contributed by atoms with Gasteiger partial charge in [-0.1, -0.05) is 6.08 Å². The van der Waals surface area contributed by atoms with Crippen molar-refractivity contribution in [1.29, 1.82) is 0 Å². The van der Waals surface area contributed by atoms with Gasteiger partial charge in [0.25, 0.3) is 0 Å². The summed E-state index contributed by atoms with van der Waals surface area (Å²) in [6, 6.07) is 3.95. The van der Waals surface area contributed by atoms with Crippen molar-refractivity contribution in [2.24, 2.45) is 0 Å². The molecule has 0 saturated heterocycles. The van der Waals surface area contributed by atoms with E-state index in [4.69, 9.17) is 4.74 Å². The van der Waals surface area contributed by atoms with Crippen LogP contribution < -0.4 is 4.74 Å². The summed E-state index contributed by atoms with van der Waals surface area (Å²) in [5, 5.41) is 5.45. The fraction of sp³-hybridized carbons (Fsp3) is 0.375. The highest BCUT2D eigenvalue weighted by Gasteiger charge is 2.13. The molecule has 1 aromatic carbocycles. The number of halogens is 2. The third kappa shape index (κ3) is 4.32. The van der Waals surface area contributed by atoms with E-state index in [9.17, 15) is 4.79 Å². The molecule has 0 aliphatic carbocycles. The van der Waals surface area contributed by atoms with Crippen LogP contribution in [0.5, 0.6) is 5.75 Å². The highest BCUT2D eigenvalue weighted by molar-refractivity contribution is 14.1. The van der Waals surface area contributed by atoms with Gasteiger partial charge in [-0.25, -0.2) is 0 Å². The lowest BCUT2D eigenvalue weighted by Crippen LogP contribution is -2.07. The molecule has 0 unspecified atom stereocenters. The Labute approximate surface area is 152 Å². The van der Waals surface area contributed by atoms with E-state index in [1.165, 1.54) is 0 Å². The number of rotatable bonds is 8. The molecule has 22 heavy (non-hydrogen) atoms. The fourth-order valence-electron chi connectivity index (χ4n) is 2.15. The van der Waals surface area contributed by atoms with Gasteiger partial charge < -0.3 is 4.74 Å². The smallest absolute Gasteiger partial charge is 0.151 e. The first-order valence-electron chi connectivity index (χ1n) is 7.11. The monoisotopic (exact) mass is 476 g/mol. The summed E-state index contributed by atoms with van der Waals surface area (Å²) in [6.07, 6.45) is 4.99. The van der Waals surface area contributed by atoms with Gasteiger partial charge in [0.1, 0.15) is 9.45 Å². The van der Waals surface area contributed by atoms with Gasteiger partial charge in [-0.3, -0.25) is 9.48 Å². The molecule has 0 bridgehead atoms. The molecule has 0 N–H and O–H groups in total. The second-order valence-electron chi connectivity index (χ2n) is 5.08. The topological polar surface area (TPSA) is 44.1 Å². The first kappa shape index (κ1) is 17.5. The van der Waals surface area contributed by atoms with Gasteiger partial charge in [0.2, 0.25) is 0 Å². The van der Waals surface area contributed by atoms with Crippen LogP contribution in [0, 0.1) is 3.70 Å². The van der Waals surface area contributed by atoms with Gasteiger partial charge in [0.05, 0.1) is 23.1 Å². The quantitative estimate of drug-likeness (QED) is 0.314. The standard InChI is InChI=1S/C16H18BrIN2O2/c1-3-4-5-6-7-22-15-9-14-12(8-13(15)17)16(18)19-20(14)10-11(2)21/h3,8-9H,1,4-7,10H2,2H3. The molecule has 118 valence electrons. The normalized spacial score (nSPS) is 10.9. The molecular formula is C16H18BrIN2O2. The van der Waals surface area contributed by atoms with Crippen LogP contribution >= 0.6 is 38.5 Å². The summed E-state index contributed by atoms with van der Waals surface area (Å²) in [7, 11) is 0. The summed E-state index contributed by atoms with van der Waals surface area (Å²) in [5.74, 6) is 0.864. The Morgan fingerprint density at radius 2 is 2.27 bits per heavy atom. The summed E-state index contributed by atoms with van der Waals surface area (Å²) in [6.45, 7) is 6.22. The predicted octanol–water partition coefficient (Wildman–Crippen LogP) is 4.73. The summed E-state index contributed by atoms with van der Waals surface area (Å²) < 4.78 is 9.37. The van der Waals surface area contributed by atoms with Crippen LogP contribution in [0.1, 0.15) is 26.2 Å². The number of nitrogens with zero attached hydrogens (tertiary/aromatic N) is 2. The number of hydrogen-bond donors (Lipinski definition) is 0. The lowest BCUT2D eigenvalue weighted by Gasteiger charge is -2.09. The summed E-state index contributed by atoms with van der Waals surface area (Å²) in [4.78, 5) is 11.4. The molecule has 1 aromatic heterocycles. The van der Waals surface area contributed by atoms with E-state index in [1.807, 2.05) is 18.2 Å². The lowest BCUT2D eigenvalue weighted by molar-refractivity contribution is -0.117. The van der Waals surface area contributed by atoms with Crippen molar-refractivity contribution in [3.63, 3.8) is 0 Å². The second kappa shape index (κ2) is 8.10. The average molecular weight is 477 g/mol. The Hall–Kier alpha value is -0.890. The zero-order valence-electron chi connectivity index (χ0n) is 12.4. The molecule has 0 radical (unpaired) electrons. The molecule has 0 saturated carbocycles. The van der Waals surface area contributed by atoms with Crippen molar-refractivity contribution in [3.8, 4) is 5.75 Å². The zero-order chi connectivity index (χ0) is 16.1. The highest BCUT2D eigenvalue weighted by Crippen LogP contribution is 2.32. The van der Waals surface area contributed by atoms with Crippen LogP contribution in [0.4, 0.5) is 0 Å². The average Bonchev–Trinajstić information content (AvgIpc) is 2.74. The summed E-state index contributed by atoms with van der Waals surface area (Å²) in [5.41, 5.74) is 0.920. The molecule has 0 spiro atoms. The van der Waals surface area contributed by atoms with Crippen molar-refractivity contribution in [2.45, 2.75) is 32.7 Å². The van der Waals surface area contributed by atoms with Crippen LogP contribution in [0.25, 0.3) is 10.9 Å². The molecule has 0 aliphatic heterocycles. The van der Waals surface area contributed by atoms with Crippen molar-refractivity contribution in [2.75, 3.05) is 6.61 Å². The van der Waals surface area contributed by atoms with Crippen molar-refractivity contribution in [3.05, 3.63) is 33.0 Å². The largest absolute Gasteiger partial charge is 0.492 e. The number of ketones is 1. The maximum Gasteiger partial charge on any atom is 0.151 e. The van der Waals surface area contributed by atoms with Crippen LogP contribution in [-0.2, 0) is 11.3 Å². The Bertz CT molecular complexity index is 697. The van der Waals surface area contributed by atoms with Crippen LogP contribution in [0.2, 0.25) is 0 Å². The van der Waals surface area contributed by atoms with Gasteiger partial charge >= 0.3 is 0 Å². The highest BCUT2D eigenvalue weighted by atomic mass is 127. The Kier molecular flexibility index (Phi) is 6.43. The first-order valence-corrected chi connectivity index (χ1v) is 8.98. The number of unbranched alkanes of at least 4 members (excludes halogenated alkanes) is 2. The zero-order valence-corrected chi connectivity index (χ0v) is 16.2. The van der Waals surface area contributed by atoms with E-state index < -0.39 is 0 Å². The van der Waals surface area contributed by atoms with Crippen LogP contribution in [0.15, 0.2) is 29.3 Å². The van der Waals surface area contributed by atoms with E-state index in [0.717, 1.165) is 44.1 Å². The minimum absolute atomic E-state index is 0.0793. The molecule has 2 rings (SSSR count). The third-order valence-corrected chi connectivity index (χ3v) is 4.61. The number of carbonyl (C=O) groups is 1. The number of hydrogen-bond acceptors (Lipinski definition) is 3. The SMILES string of the molecule is C=CCCCCOc1cc2c(cc1Br)c(I)nn2CC(C)=O. The number of Topliss-reactive ketones (excluding diaryl/α,β-unsaturated/α-hetero) is 1. The van der Waals surface area contributed by atoms with Gasteiger partial charge in [0.15, 0.2) is 5.78 Å².